The fourth-order valence-electron chi connectivity index (χ4n) is 1.73. The van der Waals surface area contributed by atoms with Gasteiger partial charge in [0.25, 0.3) is 0 Å². The average molecular weight is 251 g/mol. The molecule has 0 unspecified atom stereocenters. The third kappa shape index (κ3) is 2.26. The molecule has 0 fully saturated rings. The molecule has 0 radical (unpaired) electrons. The molecule has 1 aromatic heterocycles. The van der Waals surface area contributed by atoms with Gasteiger partial charge < -0.3 is 4.90 Å². The zero-order valence-corrected chi connectivity index (χ0v) is 10.9. The number of aryl methyl sites for hydroxylation is 1. The lowest BCUT2D eigenvalue weighted by Gasteiger charge is -2.13. The minimum absolute atomic E-state index is 0.357. The van der Waals surface area contributed by atoms with Crippen molar-refractivity contribution in [3.8, 4) is 5.69 Å². The third-order valence-electron chi connectivity index (χ3n) is 2.64. The van der Waals surface area contributed by atoms with Crippen molar-refractivity contribution < 1.29 is 0 Å². The van der Waals surface area contributed by atoms with Crippen molar-refractivity contribution in [2.45, 2.75) is 12.8 Å². The normalized spacial score (nSPS) is 10.6. The highest BCUT2D eigenvalue weighted by Crippen LogP contribution is 2.18. The molecule has 0 amide bonds. The number of alkyl halides is 1. The van der Waals surface area contributed by atoms with Gasteiger partial charge in [0.1, 0.15) is 5.82 Å². The highest BCUT2D eigenvalue weighted by Gasteiger charge is 2.09. The van der Waals surface area contributed by atoms with E-state index in [4.69, 9.17) is 11.6 Å². The number of anilines is 1. The van der Waals surface area contributed by atoms with Crippen LogP contribution in [0.1, 0.15) is 11.6 Å². The summed E-state index contributed by atoms with van der Waals surface area (Å²) in [4.78, 5) is 2.06. The molecule has 0 saturated carbocycles. The first-order chi connectivity index (χ1) is 8.13. The van der Waals surface area contributed by atoms with E-state index in [1.807, 2.05) is 37.7 Å². The second kappa shape index (κ2) is 4.75. The molecular formula is C12H15ClN4. The molecule has 0 bridgehead atoms. The number of rotatable bonds is 3. The number of nitrogens with zero attached hydrogens (tertiary/aromatic N) is 4. The molecule has 0 saturated heterocycles. The second-order valence-corrected chi connectivity index (χ2v) is 4.31. The lowest BCUT2D eigenvalue weighted by molar-refractivity contribution is 0.925. The standard InChI is InChI=1S/C12H15ClN4/c1-9-14-15-12(8-13)17(9)11-6-4-10(5-7-11)16(2)3/h4-7H,8H2,1-3H3. The van der Waals surface area contributed by atoms with Gasteiger partial charge in [-0.3, -0.25) is 4.57 Å². The van der Waals surface area contributed by atoms with Gasteiger partial charge in [0.2, 0.25) is 0 Å². The molecule has 0 N–H and O–H groups in total. The Kier molecular flexibility index (Phi) is 3.33. The van der Waals surface area contributed by atoms with Gasteiger partial charge in [-0.1, -0.05) is 0 Å². The van der Waals surface area contributed by atoms with Crippen molar-refractivity contribution in [2.24, 2.45) is 0 Å². The number of hydrogen-bond donors (Lipinski definition) is 0. The van der Waals surface area contributed by atoms with Crippen molar-refractivity contribution >= 4 is 17.3 Å². The maximum Gasteiger partial charge on any atom is 0.152 e. The first-order valence-corrected chi connectivity index (χ1v) is 5.91. The third-order valence-corrected chi connectivity index (χ3v) is 2.87. The van der Waals surface area contributed by atoms with E-state index in [0.717, 1.165) is 23.0 Å². The van der Waals surface area contributed by atoms with Crippen LogP contribution >= 0.6 is 11.6 Å². The summed E-state index contributed by atoms with van der Waals surface area (Å²) < 4.78 is 1.96. The van der Waals surface area contributed by atoms with Gasteiger partial charge >= 0.3 is 0 Å². The van der Waals surface area contributed by atoms with Crippen LogP contribution in [0.25, 0.3) is 5.69 Å². The molecule has 0 spiro atoms. The predicted molar refractivity (Wildman–Crippen MR) is 70.0 cm³/mol. The fourth-order valence-corrected chi connectivity index (χ4v) is 1.90. The molecule has 0 aliphatic carbocycles. The highest BCUT2D eigenvalue weighted by atomic mass is 35.5. The fraction of sp³-hybridized carbons (Fsp3) is 0.333. The van der Waals surface area contributed by atoms with E-state index in [0.29, 0.717) is 5.88 Å². The van der Waals surface area contributed by atoms with Crippen molar-refractivity contribution in [2.75, 3.05) is 19.0 Å². The summed E-state index contributed by atoms with van der Waals surface area (Å²) in [6.07, 6.45) is 0. The first kappa shape index (κ1) is 11.9. The van der Waals surface area contributed by atoms with E-state index < -0.39 is 0 Å². The quantitative estimate of drug-likeness (QED) is 0.785. The Morgan fingerprint density at radius 2 is 1.82 bits per heavy atom. The van der Waals surface area contributed by atoms with Crippen LogP contribution in [0, 0.1) is 6.92 Å². The minimum Gasteiger partial charge on any atom is -0.378 e. The van der Waals surface area contributed by atoms with Gasteiger partial charge in [0, 0.05) is 25.5 Å². The molecular weight excluding hydrogens is 236 g/mol. The van der Waals surface area contributed by atoms with Crippen LogP contribution in [0.2, 0.25) is 0 Å². The summed E-state index contributed by atoms with van der Waals surface area (Å²) in [7, 11) is 4.03. The molecule has 90 valence electrons. The highest BCUT2D eigenvalue weighted by molar-refractivity contribution is 6.16. The molecule has 1 heterocycles. The minimum atomic E-state index is 0.357. The summed E-state index contributed by atoms with van der Waals surface area (Å²) in [6.45, 7) is 1.92. The maximum absolute atomic E-state index is 5.85. The van der Waals surface area contributed by atoms with E-state index >= 15 is 0 Å². The first-order valence-electron chi connectivity index (χ1n) is 5.38. The SMILES string of the molecule is Cc1nnc(CCl)n1-c1ccc(N(C)C)cc1. The van der Waals surface area contributed by atoms with Crippen molar-refractivity contribution in [3.05, 3.63) is 35.9 Å². The number of hydrogen-bond acceptors (Lipinski definition) is 3. The Hall–Kier alpha value is -1.55. The predicted octanol–water partition coefficient (Wildman–Crippen LogP) is 2.38. The van der Waals surface area contributed by atoms with Crippen LogP contribution in [-0.2, 0) is 5.88 Å². The summed E-state index contributed by atoms with van der Waals surface area (Å²) in [5.74, 6) is 1.97. The smallest absolute Gasteiger partial charge is 0.152 e. The molecule has 1 aromatic carbocycles. The molecule has 2 rings (SSSR count). The summed E-state index contributed by atoms with van der Waals surface area (Å²) >= 11 is 5.85. The molecule has 2 aromatic rings. The molecule has 0 atom stereocenters. The zero-order valence-electron chi connectivity index (χ0n) is 10.2. The average Bonchev–Trinajstić information content (AvgIpc) is 2.70. The van der Waals surface area contributed by atoms with Gasteiger partial charge in [-0.2, -0.15) is 0 Å². The molecule has 4 nitrogen and oxygen atoms in total. The van der Waals surface area contributed by atoms with Crippen LogP contribution in [-0.4, -0.2) is 28.9 Å². The van der Waals surface area contributed by atoms with E-state index in [1.54, 1.807) is 0 Å². The largest absolute Gasteiger partial charge is 0.378 e. The van der Waals surface area contributed by atoms with Crippen molar-refractivity contribution in [3.63, 3.8) is 0 Å². The van der Waals surface area contributed by atoms with E-state index in [2.05, 4.69) is 27.2 Å². The molecule has 0 aliphatic heterocycles. The monoisotopic (exact) mass is 250 g/mol. The lowest BCUT2D eigenvalue weighted by atomic mass is 10.2. The number of aromatic nitrogens is 3. The van der Waals surface area contributed by atoms with E-state index in [9.17, 15) is 0 Å². The summed E-state index contributed by atoms with van der Waals surface area (Å²) in [5, 5.41) is 8.08. The molecule has 5 heteroatoms. The Labute approximate surface area is 106 Å². The Morgan fingerprint density at radius 3 is 2.35 bits per heavy atom. The van der Waals surface area contributed by atoms with Gasteiger partial charge in [0.15, 0.2) is 5.82 Å². The zero-order chi connectivity index (χ0) is 12.4. The number of benzene rings is 1. The van der Waals surface area contributed by atoms with Crippen LogP contribution in [0.4, 0.5) is 5.69 Å². The van der Waals surface area contributed by atoms with Crippen molar-refractivity contribution in [1.82, 2.24) is 14.8 Å². The molecule has 0 aliphatic rings. The van der Waals surface area contributed by atoms with Gasteiger partial charge in [-0.15, -0.1) is 21.8 Å². The van der Waals surface area contributed by atoms with Crippen LogP contribution in [0.5, 0.6) is 0 Å². The van der Waals surface area contributed by atoms with E-state index in [1.165, 1.54) is 0 Å². The van der Waals surface area contributed by atoms with Gasteiger partial charge in [-0.05, 0) is 31.2 Å². The topological polar surface area (TPSA) is 34.0 Å². The molecule has 17 heavy (non-hydrogen) atoms. The summed E-state index contributed by atoms with van der Waals surface area (Å²) in [5.41, 5.74) is 2.20. The Morgan fingerprint density at radius 1 is 1.18 bits per heavy atom. The van der Waals surface area contributed by atoms with Crippen LogP contribution in [0.15, 0.2) is 24.3 Å². The van der Waals surface area contributed by atoms with E-state index in [-0.39, 0.29) is 0 Å². The number of halogens is 1. The van der Waals surface area contributed by atoms with Gasteiger partial charge in [-0.25, -0.2) is 0 Å². The summed E-state index contributed by atoms with van der Waals surface area (Å²) in [6, 6.07) is 8.21. The van der Waals surface area contributed by atoms with Gasteiger partial charge in [0.05, 0.1) is 5.88 Å². The Balaban J connectivity index is 2.42. The second-order valence-electron chi connectivity index (χ2n) is 4.04. The van der Waals surface area contributed by atoms with Crippen LogP contribution < -0.4 is 4.90 Å². The Bertz CT molecular complexity index is 502. The lowest BCUT2D eigenvalue weighted by Crippen LogP contribution is -2.08. The maximum atomic E-state index is 5.85. The van der Waals surface area contributed by atoms with Crippen molar-refractivity contribution in [1.29, 1.82) is 0 Å². The van der Waals surface area contributed by atoms with Crippen LogP contribution in [0.3, 0.4) is 0 Å².